The minimum atomic E-state index is -0.0701. The summed E-state index contributed by atoms with van der Waals surface area (Å²) in [5, 5.41) is 12.1. The molecule has 1 atom stereocenters. The zero-order valence-corrected chi connectivity index (χ0v) is 9.36. The molecule has 1 aromatic heterocycles. The van der Waals surface area contributed by atoms with Gasteiger partial charge in [0.25, 0.3) is 0 Å². The Labute approximate surface area is 95.3 Å². The van der Waals surface area contributed by atoms with Gasteiger partial charge in [-0.15, -0.1) is 0 Å². The minimum Gasteiger partial charge on any atom is -0.379 e. The van der Waals surface area contributed by atoms with Crippen LogP contribution < -0.4 is 5.32 Å². The monoisotopic (exact) mass is 217 g/mol. The third kappa shape index (κ3) is 2.50. The molecule has 0 spiro atoms. The number of hydrogen-bond donors (Lipinski definition) is 1. The molecule has 84 valence electrons. The second-order valence-corrected chi connectivity index (χ2v) is 4.38. The number of hydrogen-bond acceptors (Lipinski definition) is 4. The van der Waals surface area contributed by atoms with E-state index in [-0.39, 0.29) is 5.54 Å². The van der Waals surface area contributed by atoms with Crippen LogP contribution in [-0.4, -0.2) is 23.7 Å². The van der Waals surface area contributed by atoms with Crippen LogP contribution in [0.3, 0.4) is 0 Å². The Hall–Kier alpha value is -1.60. The minimum absolute atomic E-state index is 0.0701. The van der Waals surface area contributed by atoms with Crippen LogP contribution in [0.5, 0.6) is 0 Å². The lowest BCUT2D eigenvalue weighted by Crippen LogP contribution is -2.43. The first-order chi connectivity index (χ1) is 7.72. The fourth-order valence-electron chi connectivity index (χ4n) is 1.91. The van der Waals surface area contributed by atoms with Gasteiger partial charge in [0.2, 0.25) is 0 Å². The number of ether oxygens (including phenoxy) is 1. The molecule has 1 aromatic rings. The zero-order chi connectivity index (χ0) is 11.4. The highest BCUT2D eigenvalue weighted by Crippen LogP contribution is 2.23. The van der Waals surface area contributed by atoms with E-state index in [9.17, 15) is 0 Å². The molecule has 0 aromatic carbocycles. The summed E-state index contributed by atoms with van der Waals surface area (Å²) < 4.78 is 5.46. The van der Waals surface area contributed by atoms with Gasteiger partial charge >= 0.3 is 0 Å². The van der Waals surface area contributed by atoms with Crippen molar-refractivity contribution < 1.29 is 4.74 Å². The van der Waals surface area contributed by atoms with Crippen LogP contribution in [-0.2, 0) is 4.74 Å². The van der Waals surface area contributed by atoms with Gasteiger partial charge in [-0.2, -0.15) is 5.26 Å². The van der Waals surface area contributed by atoms with Crippen LogP contribution in [0, 0.1) is 11.3 Å². The van der Waals surface area contributed by atoms with Gasteiger partial charge in [-0.1, -0.05) is 0 Å². The SMILES string of the molecule is CC1(Nc2cc(C#N)ccn2)CCCOC1. The average molecular weight is 217 g/mol. The molecule has 0 bridgehead atoms. The van der Waals surface area contributed by atoms with E-state index in [1.54, 1.807) is 18.3 Å². The molecule has 4 nitrogen and oxygen atoms in total. The molecule has 0 amide bonds. The molecule has 0 radical (unpaired) electrons. The fraction of sp³-hybridized carbons (Fsp3) is 0.500. The van der Waals surface area contributed by atoms with E-state index < -0.39 is 0 Å². The summed E-state index contributed by atoms with van der Waals surface area (Å²) in [5.41, 5.74) is 0.553. The third-order valence-electron chi connectivity index (χ3n) is 2.76. The fourth-order valence-corrected chi connectivity index (χ4v) is 1.91. The van der Waals surface area contributed by atoms with Crippen molar-refractivity contribution in [2.24, 2.45) is 0 Å². The normalized spacial score (nSPS) is 24.8. The van der Waals surface area contributed by atoms with Crippen molar-refractivity contribution in [3.63, 3.8) is 0 Å². The van der Waals surface area contributed by atoms with Crippen LogP contribution >= 0.6 is 0 Å². The molecular formula is C12H15N3O. The summed E-state index contributed by atoms with van der Waals surface area (Å²) in [7, 11) is 0. The predicted molar refractivity (Wildman–Crippen MR) is 61.0 cm³/mol. The number of nitrogens with one attached hydrogen (secondary N) is 1. The second-order valence-electron chi connectivity index (χ2n) is 4.38. The van der Waals surface area contributed by atoms with Crippen molar-refractivity contribution >= 4 is 5.82 Å². The summed E-state index contributed by atoms with van der Waals surface area (Å²) in [6, 6.07) is 5.57. The molecule has 4 heteroatoms. The van der Waals surface area contributed by atoms with Crippen molar-refractivity contribution in [1.29, 1.82) is 5.26 Å². The van der Waals surface area contributed by atoms with E-state index >= 15 is 0 Å². The lowest BCUT2D eigenvalue weighted by Gasteiger charge is -2.34. The number of rotatable bonds is 2. The molecule has 1 fully saturated rings. The maximum absolute atomic E-state index is 8.80. The van der Waals surface area contributed by atoms with E-state index in [2.05, 4.69) is 23.3 Å². The molecule has 1 unspecified atom stereocenters. The van der Waals surface area contributed by atoms with Crippen molar-refractivity contribution in [1.82, 2.24) is 4.98 Å². The summed E-state index contributed by atoms with van der Waals surface area (Å²) >= 11 is 0. The Kier molecular flexibility index (Phi) is 3.07. The highest BCUT2D eigenvalue weighted by atomic mass is 16.5. The first-order valence-electron chi connectivity index (χ1n) is 5.44. The van der Waals surface area contributed by atoms with E-state index in [0.29, 0.717) is 12.2 Å². The zero-order valence-electron chi connectivity index (χ0n) is 9.36. The molecule has 16 heavy (non-hydrogen) atoms. The Morgan fingerprint density at radius 3 is 3.19 bits per heavy atom. The summed E-state index contributed by atoms with van der Waals surface area (Å²) in [6.07, 6.45) is 3.76. The molecule has 1 saturated heterocycles. The van der Waals surface area contributed by atoms with Crippen molar-refractivity contribution in [2.45, 2.75) is 25.3 Å². The third-order valence-corrected chi connectivity index (χ3v) is 2.76. The first kappa shape index (κ1) is 10.9. The number of aromatic nitrogens is 1. The van der Waals surface area contributed by atoms with Gasteiger partial charge in [0, 0.05) is 12.8 Å². The lowest BCUT2D eigenvalue weighted by atomic mass is 9.95. The molecule has 0 aliphatic carbocycles. The van der Waals surface area contributed by atoms with Gasteiger partial charge in [0.15, 0.2) is 0 Å². The first-order valence-corrected chi connectivity index (χ1v) is 5.44. The molecule has 0 saturated carbocycles. The topological polar surface area (TPSA) is 57.9 Å². The average Bonchev–Trinajstić information content (AvgIpc) is 2.29. The molecule has 1 aliphatic heterocycles. The highest BCUT2D eigenvalue weighted by molar-refractivity contribution is 5.44. The molecule has 2 heterocycles. The van der Waals surface area contributed by atoms with Crippen LogP contribution in [0.4, 0.5) is 5.82 Å². The molecule has 1 aliphatic rings. The van der Waals surface area contributed by atoms with Gasteiger partial charge < -0.3 is 10.1 Å². The second kappa shape index (κ2) is 4.50. The van der Waals surface area contributed by atoms with E-state index in [4.69, 9.17) is 10.00 Å². The summed E-state index contributed by atoms with van der Waals surface area (Å²) in [4.78, 5) is 4.21. The summed E-state index contributed by atoms with van der Waals surface area (Å²) in [5.74, 6) is 0.743. The molecular weight excluding hydrogens is 202 g/mol. The predicted octanol–water partition coefficient (Wildman–Crippen LogP) is 1.93. The van der Waals surface area contributed by atoms with Gasteiger partial charge in [0.1, 0.15) is 5.82 Å². The van der Waals surface area contributed by atoms with Gasteiger partial charge in [0.05, 0.1) is 23.8 Å². The maximum atomic E-state index is 8.80. The van der Waals surface area contributed by atoms with Crippen LogP contribution in [0.2, 0.25) is 0 Å². The Balaban J connectivity index is 2.10. The number of anilines is 1. The van der Waals surface area contributed by atoms with Crippen LogP contribution in [0.25, 0.3) is 0 Å². The van der Waals surface area contributed by atoms with Gasteiger partial charge in [-0.3, -0.25) is 0 Å². The number of nitriles is 1. The van der Waals surface area contributed by atoms with Crippen molar-refractivity contribution in [3.05, 3.63) is 23.9 Å². The van der Waals surface area contributed by atoms with E-state index in [1.165, 1.54) is 0 Å². The van der Waals surface area contributed by atoms with Gasteiger partial charge in [-0.05, 0) is 31.9 Å². The molecule has 2 rings (SSSR count). The Morgan fingerprint density at radius 1 is 1.62 bits per heavy atom. The smallest absolute Gasteiger partial charge is 0.127 e. The quantitative estimate of drug-likeness (QED) is 0.822. The summed E-state index contributed by atoms with van der Waals surface area (Å²) in [6.45, 7) is 3.64. The van der Waals surface area contributed by atoms with Gasteiger partial charge in [-0.25, -0.2) is 4.98 Å². The number of nitrogens with zero attached hydrogens (tertiary/aromatic N) is 2. The highest BCUT2D eigenvalue weighted by Gasteiger charge is 2.27. The maximum Gasteiger partial charge on any atom is 0.127 e. The van der Waals surface area contributed by atoms with Crippen LogP contribution in [0.1, 0.15) is 25.3 Å². The van der Waals surface area contributed by atoms with Crippen molar-refractivity contribution in [3.8, 4) is 6.07 Å². The number of pyridine rings is 1. The lowest BCUT2D eigenvalue weighted by molar-refractivity contribution is 0.0539. The van der Waals surface area contributed by atoms with Crippen LogP contribution in [0.15, 0.2) is 18.3 Å². The van der Waals surface area contributed by atoms with E-state index in [1.807, 2.05) is 0 Å². The largest absolute Gasteiger partial charge is 0.379 e. The standard InChI is InChI=1S/C12H15N3O/c1-12(4-2-6-16-9-12)15-11-7-10(8-13)3-5-14-11/h3,5,7H,2,4,6,9H2,1H3,(H,14,15). The Bertz CT molecular complexity index is 405. The van der Waals surface area contributed by atoms with E-state index in [0.717, 1.165) is 25.3 Å². The van der Waals surface area contributed by atoms with Crippen molar-refractivity contribution in [2.75, 3.05) is 18.5 Å². The molecule has 1 N–H and O–H groups in total. The Morgan fingerprint density at radius 2 is 2.50 bits per heavy atom.